The molecule has 0 heterocycles. The summed E-state index contributed by atoms with van der Waals surface area (Å²) in [6.45, 7) is 0. The highest BCUT2D eigenvalue weighted by atomic mass is 19.2. The first-order valence-electron chi connectivity index (χ1n) is 3.09. The Morgan fingerprint density at radius 3 is 1.00 bits per heavy atom. The van der Waals surface area contributed by atoms with Crippen molar-refractivity contribution in [2.45, 2.75) is 0 Å². The van der Waals surface area contributed by atoms with Crippen molar-refractivity contribution in [1.82, 2.24) is 0 Å². The molecular formula is C7F6O. The van der Waals surface area contributed by atoms with Crippen LogP contribution in [-0.4, -0.2) is 0 Å². The maximum absolute atomic E-state index is 12.4. The third-order valence-corrected chi connectivity index (χ3v) is 1.36. The molecular weight excluding hydrogens is 214 g/mol. The molecule has 0 spiro atoms. The topological polar surface area (TPSA) is 17.1 Å². The van der Waals surface area contributed by atoms with Crippen LogP contribution in [0.1, 0.15) is 0 Å². The lowest BCUT2D eigenvalue weighted by Gasteiger charge is -1.87. The summed E-state index contributed by atoms with van der Waals surface area (Å²) in [5.41, 5.74) is -2.37. The number of halogens is 6. The zero-order chi connectivity index (χ0) is 11.0. The van der Waals surface area contributed by atoms with Crippen LogP contribution in [0.2, 0.25) is 0 Å². The van der Waals surface area contributed by atoms with Crippen molar-refractivity contribution in [2.75, 3.05) is 0 Å². The lowest BCUT2D eigenvalue weighted by Crippen LogP contribution is -2.10. The minimum atomic E-state index is -2.58. The van der Waals surface area contributed by atoms with Gasteiger partial charge in [-0.3, -0.25) is 4.79 Å². The van der Waals surface area contributed by atoms with E-state index in [1.165, 1.54) is 0 Å². The second-order valence-corrected chi connectivity index (χ2v) is 2.21. The molecule has 0 unspecified atom stereocenters. The first-order valence-corrected chi connectivity index (χ1v) is 3.09. The van der Waals surface area contributed by atoms with Gasteiger partial charge in [-0.15, -0.1) is 0 Å². The molecule has 1 nitrogen and oxygen atoms in total. The van der Waals surface area contributed by atoms with E-state index in [-0.39, 0.29) is 0 Å². The van der Waals surface area contributed by atoms with E-state index < -0.39 is 40.3 Å². The molecule has 0 bridgehead atoms. The summed E-state index contributed by atoms with van der Waals surface area (Å²) in [6.07, 6.45) is 0. The van der Waals surface area contributed by atoms with E-state index in [0.29, 0.717) is 0 Å². The van der Waals surface area contributed by atoms with E-state index in [1.807, 2.05) is 0 Å². The third-order valence-electron chi connectivity index (χ3n) is 1.36. The second-order valence-electron chi connectivity index (χ2n) is 2.21. The first kappa shape index (κ1) is 10.6. The highest BCUT2D eigenvalue weighted by Crippen LogP contribution is 2.14. The molecule has 1 aromatic rings. The van der Waals surface area contributed by atoms with Crippen molar-refractivity contribution < 1.29 is 26.3 Å². The van der Waals surface area contributed by atoms with E-state index in [4.69, 9.17) is 0 Å². The molecule has 0 radical (unpaired) electrons. The highest BCUT2D eigenvalue weighted by molar-refractivity contribution is 5.13. The lowest BCUT2D eigenvalue weighted by molar-refractivity contribution is 0.392. The van der Waals surface area contributed by atoms with Crippen LogP contribution >= 0.6 is 0 Å². The minimum Gasteiger partial charge on any atom is -0.283 e. The monoisotopic (exact) mass is 214 g/mol. The molecule has 1 aromatic carbocycles. The Morgan fingerprint density at radius 1 is 0.500 bits per heavy atom. The molecule has 0 N–H and O–H groups in total. The summed E-state index contributed by atoms with van der Waals surface area (Å²) in [4.78, 5) is 10.4. The normalized spacial score (nSPS) is 10.4. The van der Waals surface area contributed by atoms with E-state index >= 15 is 0 Å². The summed E-state index contributed by atoms with van der Waals surface area (Å²) in [6, 6.07) is 0. The van der Waals surface area contributed by atoms with E-state index in [2.05, 4.69) is 0 Å². The summed E-state index contributed by atoms with van der Waals surface area (Å²) < 4.78 is 74.0. The Balaban J connectivity index is 3.96. The van der Waals surface area contributed by atoms with E-state index in [9.17, 15) is 31.1 Å². The molecule has 0 saturated heterocycles. The Bertz CT molecular complexity index is 415. The van der Waals surface area contributed by atoms with Gasteiger partial charge in [-0.1, -0.05) is 0 Å². The molecule has 0 aromatic heterocycles. The number of hydrogen-bond donors (Lipinski definition) is 0. The Labute approximate surface area is 72.6 Å². The van der Waals surface area contributed by atoms with Gasteiger partial charge in [-0.2, -0.15) is 8.78 Å². The van der Waals surface area contributed by atoms with Gasteiger partial charge in [-0.05, 0) is 0 Å². The van der Waals surface area contributed by atoms with Gasteiger partial charge in [0.15, 0.2) is 0 Å². The van der Waals surface area contributed by atoms with Crippen molar-refractivity contribution in [3.8, 4) is 0 Å². The summed E-state index contributed by atoms with van der Waals surface area (Å²) in [5, 5.41) is 0. The van der Waals surface area contributed by atoms with Gasteiger partial charge in [0.1, 0.15) is 0 Å². The van der Waals surface area contributed by atoms with Gasteiger partial charge in [0, 0.05) is 0 Å². The first-order chi connectivity index (χ1) is 6.37. The predicted molar refractivity (Wildman–Crippen MR) is 32.5 cm³/mol. The molecule has 0 fully saturated rings. The zero-order valence-corrected chi connectivity index (χ0v) is 6.18. The molecule has 0 aliphatic rings. The van der Waals surface area contributed by atoms with Crippen LogP contribution in [0.15, 0.2) is 4.79 Å². The molecule has 0 amide bonds. The quantitative estimate of drug-likeness (QED) is 0.602. The maximum atomic E-state index is 12.4. The smallest absolute Gasteiger partial charge is 0.255 e. The average molecular weight is 214 g/mol. The zero-order valence-electron chi connectivity index (χ0n) is 6.18. The van der Waals surface area contributed by atoms with E-state index in [0.717, 1.165) is 0 Å². The third kappa shape index (κ3) is 1.34. The standard InChI is InChI=1S/C7F6O/c8-1-2(9)4(11)6(13)7(14)5(12)3(1)10. The maximum Gasteiger partial charge on any atom is 0.255 e. The fourth-order valence-corrected chi connectivity index (χ4v) is 0.681. The lowest BCUT2D eigenvalue weighted by atomic mass is 10.4. The van der Waals surface area contributed by atoms with Crippen molar-refractivity contribution in [2.24, 2.45) is 0 Å². The molecule has 0 aliphatic heterocycles. The Hall–Kier alpha value is -1.53. The van der Waals surface area contributed by atoms with Crippen molar-refractivity contribution in [3.63, 3.8) is 0 Å². The van der Waals surface area contributed by atoms with Crippen LogP contribution in [0.3, 0.4) is 0 Å². The summed E-state index contributed by atoms with van der Waals surface area (Å²) >= 11 is 0. The largest absolute Gasteiger partial charge is 0.283 e. The fraction of sp³-hybridized carbons (Fsp3) is 0. The van der Waals surface area contributed by atoms with Crippen LogP contribution in [0.25, 0.3) is 0 Å². The van der Waals surface area contributed by atoms with Gasteiger partial charge in [0.05, 0.1) is 0 Å². The molecule has 76 valence electrons. The van der Waals surface area contributed by atoms with Crippen LogP contribution < -0.4 is 5.43 Å². The Morgan fingerprint density at radius 2 is 0.714 bits per heavy atom. The number of hydrogen-bond acceptors (Lipinski definition) is 1. The van der Waals surface area contributed by atoms with Gasteiger partial charge >= 0.3 is 0 Å². The SMILES string of the molecule is O=c1c(F)c(F)c(F)c(F)c(F)c1F. The fourth-order valence-electron chi connectivity index (χ4n) is 0.681. The highest BCUT2D eigenvalue weighted by Gasteiger charge is 2.24. The summed E-state index contributed by atoms with van der Waals surface area (Å²) in [5.74, 6) is -15.3. The van der Waals surface area contributed by atoms with Gasteiger partial charge in [0.25, 0.3) is 5.43 Å². The van der Waals surface area contributed by atoms with Crippen molar-refractivity contribution >= 4 is 0 Å². The number of rotatable bonds is 0. The van der Waals surface area contributed by atoms with E-state index in [1.54, 1.807) is 0 Å². The molecule has 0 atom stereocenters. The van der Waals surface area contributed by atoms with Gasteiger partial charge in [-0.25, -0.2) is 17.6 Å². The van der Waals surface area contributed by atoms with Crippen LogP contribution in [0.5, 0.6) is 0 Å². The van der Waals surface area contributed by atoms with Crippen molar-refractivity contribution in [3.05, 3.63) is 45.1 Å². The molecule has 7 heteroatoms. The van der Waals surface area contributed by atoms with Crippen LogP contribution in [-0.2, 0) is 0 Å². The molecule has 0 saturated carbocycles. The second kappa shape index (κ2) is 3.32. The molecule has 1 rings (SSSR count). The van der Waals surface area contributed by atoms with Crippen molar-refractivity contribution in [1.29, 1.82) is 0 Å². The van der Waals surface area contributed by atoms with Gasteiger partial charge < -0.3 is 0 Å². The Kier molecular flexibility index (Phi) is 2.50. The van der Waals surface area contributed by atoms with Crippen LogP contribution in [0.4, 0.5) is 26.3 Å². The average Bonchev–Trinajstić information content (AvgIpc) is 2.23. The minimum absolute atomic E-state index is 2.37. The molecule has 14 heavy (non-hydrogen) atoms. The summed E-state index contributed by atoms with van der Waals surface area (Å²) in [7, 11) is 0. The van der Waals surface area contributed by atoms with Gasteiger partial charge in [0.2, 0.25) is 34.9 Å². The molecule has 0 aliphatic carbocycles. The predicted octanol–water partition coefficient (Wildman–Crippen LogP) is 1.88. The van der Waals surface area contributed by atoms with Crippen LogP contribution in [0, 0.1) is 34.9 Å².